The van der Waals surface area contributed by atoms with Crippen molar-refractivity contribution in [2.45, 2.75) is 125 Å². The molecule has 7 rings (SSSR count). The number of carbonyl (C=O) groups excluding carboxylic acids is 1. The highest BCUT2D eigenvalue weighted by molar-refractivity contribution is 5.80. The summed E-state index contributed by atoms with van der Waals surface area (Å²) in [7, 11) is 0. The van der Waals surface area contributed by atoms with Crippen molar-refractivity contribution in [3.8, 4) is 23.0 Å². The Morgan fingerprint density at radius 1 is 0.907 bits per heavy atom. The zero-order chi connectivity index (χ0) is 38.2. The molecule has 3 aromatic rings. The molecule has 0 unspecified atom stereocenters. The molecule has 7 heteroatoms. The van der Waals surface area contributed by atoms with E-state index in [0.29, 0.717) is 40.3 Å². The molecule has 7 nitrogen and oxygen atoms in total. The van der Waals surface area contributed by atoms with E-state index in [2.05, 4.69) is 40.7 Å². The van der Waals surface area contributed by atoms with E-state index in [1.807, 2.05) is 6.92 Å². The average Bonchev–Trinajstić information content (AvgIpc) is 3.50. The Bertz CT molecular complexity index is 1890. The van der Waals surface area contributed by atoms with E-state index >= 15 is 0 Å². The molecule has 292 valence electrons. The van der Waals surface area contributed by atoms with Crippen LogP contribution in [0.1, 0.15) is 118 Å². The van der Waals surface area contributed by atoms with E-state index in [1.165, 1.54) is 56.9 Å². The monoisotopic (exact) mass is 738 g/mol. The Hall–Kier alpha value is -3.74. The summed E-state index contributed by atoms with van der Waals surface area (Å²) in [6.45, 7) is 16.4. The highest BCUT2D eigenvalue weighted by atomic mass is 16.6. The Kier molecular flexibility index (Phi) is 11.3. The molecule has 0 spiro atoms. The minimum atomic E-state index is -0.373. The van der Waals surface area contributed by atoms with Gasteiger partial charge in [-0.2, -0.15) is 0 Å². The summed E-state index contributed by atoms with van der Waals surface area (Å²) >= 11 is 0. The summed E-state index contributed by atoms with van der Waals surface area (Å²) in [5.41, 5.74) is 2.29. The van der Waals surface area contributed by atoms with Crippen LogP contribution in [0.2, 0.25) is 0 Å². The van der Waals surface area contributed by atoms with E-state index in [4.69, 9.17) is 23.4 Å². The summed E-state index contributed by atoms with van der Waals surface area (Å²) in [6.07, 6.45) is 16.0. The van der Waals surface area contributed by atoms with Crippen molar-refractivity contribution in [1.29, 1.82) is 0 Å². The molecule has 0 aliphatic heterocycles. The van der Waals surface area contributed by atoms with Crippen LogP contribution in [0.25, 0.3) is 11.0 Å². The third-order valence-corrected chi connectivity index (χ3v) is 14.3. The topological polar surface area (TPSA) is 84.2 Å². The van der Waals surface area contributed by atoms with Crippen LogP contribution in [0.5, 0.6) is 23.0 Å². The first-order valence-electron chi connectivity index (χ1n) is 20.9. The van der Waals surface area contributed by atoms with Crippen molar-refractivity contribution in [2.24, 2.45) is 46.3 Å². The summed E-state index contributed by atoms with van der Waals surface area (Å²) in [5.74, 6) is 6.62. The van der Waals surface area contributed by atoms with Gasteiger partial charge in [0.25, 0.3) is 0 Å². The Labute approximate surface area is 322 Å². The number of ether oxygens (including phenoxy) is 4. The summed E-state index contributed by atoms with van der Waals surface area (Å²) in [4.78, 5) is 26.4. The van der Waals surface area contributed by atoms with E-state index in [-0.39, 0.29) is 35.3 Å². The molecule has 0 saturated heterocycles. The molecule has 2 aromatic carbocycles. The van der Waals surface area contributed by atoms with Gasteiger partial charge < -0.3 is 23.4 Å². The second-order valence-corrected chi connectivity index (χ2v) is 17.9. The van der Waals surface area contributed by atoms with Crippen molar-refractivity contribution >= 4 is 16.9 Å². The number of aryl methyl sites for hydroxylation is 1. The van der Waals surface area contributed by atoms with Crippen molar-refractivity contribution in [1.82, 2.24) is 0 Å². The van der Waals surface area contributed by atoms with Gasteiger partial charge in [-0.3, -0.25) is 4.79 Å². The fourth-order valence-electron chi connectivity index (χ4n) is 11.5. The fourth-order valence-corrected chi connectivity index (χ4v) is 11.5. The summed E-state index contributed by atoms with van der Waals surface area (Å²) in [6, 6.07) is 12.1. The maximum atomic E-state index is 13.3. The van der Waals surface area contributed by atoms with Gasteiger partial charge in [-0.1, -0.05) is 65.5 Å². The molecule has 0 N–H and O–H groups in total. The minimum absolute atomic E-state index is 0.126. The SMILES string of the molecule is CCOc1ccc(Oc2c(C)oc3cc(OCC(=O)O[C@@H]4CC[C@]5(C)C(=CC[C@H]6[C@@H]7CC[C@@H]([C@H](C)CCCC(C)C)[C@@]7(C)CC[C@@H]65)C4)ccc3c2=O)cc1. The average molecular weight is 739 g/mol. The Morgan fingerprint density at radius 3 is 2.43 bits per heavy atom. The van der Waals surface area contributed by atoms with E-state index in [0.717, 1.165) is 60.5 Å². The minimum Gasteiger partial charge on any atom is -0.494 e. The second kappa shape index (κ2) is 15.8. The van der Waals surface area contributed by atoms with Crippen LogP contribution in [-0.2, 0) is 9.53 Å². The van der Waals surface area contributed by atoms with Gasteiger partial charge in [-0.25, -0.2) is 4.79 Å². The molecule has 0 amide bonds. The molecule has 3 fully saturated rings. The molecule has 1 heterocycles. The van der Waals surface area contributed by atoms with Crippen LogP contribution < -0.4 is 19.6 Å². The molecule has 0 radical (unpaired) electrons. The Balaban J connectivity index is 0.936. The van der Waals surface area contributed by atoms with Gasteiger partial charge in [0.15, 0.2) is 6.61 Å². The summed E-state index contributed by atoms with van der Waals surface area (Å²) in [5, 5.41) is 0.367. The number of carbonyl (C=O) groups is 1. The summed E-state index contributed by atoms with van der Waals surface area (Å²) < 4.78 is 29.3. The number of rotatable bonds is 13. The van der Waals surface area contributed by atoms with E-state index < -0.39 is 0 Å². The first-order chi connectivity index (χ1) is 25.9. The lowest BCUT2D eigenvalue weighted by Crippen LogP contribution is -2.51. The molecule has 3 saturated carbocycles. The van der Waals surface area contributed by atoms with E-state index in [1.54, 1.807) is 49.4 Å². The molecule has 0 bridgehead atoms. The van der Waals surface area contributed by atoms with Gasteiger partial charge >= 0.3 is 5.97 Å². The van der Waals surface area contributed by atoms with Crippen LogP contribution in [0, 0.1) is 53.3 Å². The van der Waals surface area contributed by atoms with Crippen molar-refractivity contribution in [3.63, 3.8) is 0 Å². The zero-order valence-corrected chi connectivity index (χ0v) is 33.7. The first-order valence-corrected chi connectivity index (χ1v) is 20.9. The lowest BCUT2D eigenvalue weighted by Gasteiger charge is -2.58. The molecular formula is C47H62O7. The quantitative estimate of drug-likeness (QED) is 0.127. The third-order valence-electron chi connectivity index (χ3n) is 14.3. The van der Waals surface area contributed by atoms with Crippen LogP contribution in [0.15, 0.2) is 63.3 Å². The van der Waals surface area contributed by atoms with Gasteiger partial charge in [0.2, 0.25) is 11.2 Å². The number of hydrogen-bond acceptors (Lipinski definition) is 7. The molecule has 1 aromatic heterocycles. The molecule has 4 aliphatic carbocycles. The predicted octanol–water partition coefficient (Wildman–Crippen LogP) is 11.6. The van der Waals surface area contributed by atoms with Crippen LogP contribution in [0.4, 0.5) is 0 Å². The van der Waals surface area contributed by atoms with Crippen molar-refractivity contribution in [2.75, 3.05) is 13.2 Å². The van der Waals surface area contributed by atoms with Crippen LogP contribution in [-0.4, -0.2) is 25.3 Å². The predicted molar refractivity (Wildman–Crippen MR) is 213 cm³/mol. The van der Waals surface area contributed by atoms with Crippen LogP contribution in [0.3, 0.4) is 0 Å². The highest BCUT2D eigenvalue weighted by Gasteiger charge is 2.59. The normalized spacial score (nSPS) is 29.5. The lowest BCUT2D eigenvalue weighted by atomic mass is 9.47. The van der Waals surface area contributed by atoms with Crippen LogP contribution >= 0.6 is 0 Å². The lowest BCUT2D eigenvalue weighted by molar-refractivity contribution is -0.153. The third kappa shape index (κ3) is 7.58. The van der Waals surface area contributed by atoms with Gasteiger partial charge in [-0.05, 0) is 142 Å². The Morgan fingerprint density at radius 2 is 1.67 bits per heavy atom. The van der Waals surface area contributed by atoms with E-state index in [9.17, 15) is 9.59 Å². The maximum Gasteiger partial charge on any atom is 0.344 e. The number of hydrogen-bond donors (Lipinski definition) is 0. The number of fused-ring (bicyclic) bond motifs is 6. The van der Waals surface area contributed by atoms with Crippen molar-refractivity contribution in [3.05, 3.63) is 70.1 Å². The van der Waals surface area contributed by atoms with Gasteiger partial charge in [0.05, 0.1) is 12.0 Å². The molecule has 4 aliphatic rings. The zero-order valence-electron chi connectivity index (χ0n) is 33.7. The van der Waals surface area contributed by atoms with Gasteiger partial charge in [0, 0.05) is 12.5 Å². The molecule has 54 heavy (non-hydrogen) atoms. The molecule has 8 atom stereocenters. The largest absolute Gasteiger partial charge is 0.494 e. The molecular weight excluding hydrogens is 677 g/mol. The fraction of sp³-hybridized carbons (Fsp3) is 0.617. The van der Waals surface area contributed by atoms with Crippen molar-refractivity contribution < 1.29 is 28.2 Å². The number of esters is 1. The number of allylic oxidation sites excluding steroid dienone is 1. The second-order valence-electron chi connectivity index (χ2n) is 17.9. The smallest absolute Gasteiger partial charge is 0.344 e. The standard InChI is InChI=1S/C47H62O7/c1-8-50-33-13-15-34(16-14-33)54-45-31(5)52-42-27-35(17-19-38(42)44(45)49)51-28-43(48)53-36-22-24-46(6)32(26-36)12-18-37-40-21-20-39(30(4)11-9-10-29(2)3)47(40,7)25-23-41(37)46/h12-17,19,27,29-30,36-37,39-41H,8-11,18,20-26,28H2,1-7H3/t30-,36-,37+,39+,40+,41+,46-,47-/m1/s1. The first kappa shape index (κ1) is 38.5. The number of benzene rings is 2. The highest BCUT2D eigenvalue weighted by Crippen LogP contribution is 2.67. The maximum absolute atomic E-state index is 13.3. The van der Waals surface area contributed by atoms with Gasteiger partial charge in [-0.15, -0.1) is 0 Å². The van der Waals surface area contributed by atoms with Gasteiger partial charge in [0.1, 0.15) is 34.7 Å².